The van der Waals surface area contributed by atoms with E-state index in [4.69, 9.17) is 11.0 Å². The highest BCUT2D eigenvalue weighted by molar-refractivity contribution is 5.55. The van der Waals surface area contributed by atoms with Crippen LogP contribution in [0.2, 0.25) is 0 Å². The molecule has 3 heterocycles. The van der Waals surface area contributed by atoms with Crippen LogP contribution in [0.15, 0.2) is 42.5 Å². The Labute approximate surface area is 148 Å². The van der Waals surface area contributed by atoms with Crippen molar-refractivity contribution in [2.75, 3.05) is 36.8 Å². The van der Waals surface area contributed by atoms with Crippen molar-refractivity contribution in [2.24, 2.45) is 5.41 Å². The first kappa shape index (κ1) is 15.9. The highest BCUT2D eigenvalue weighted by Crippen LogP contribution is 2.41. The van der Waals surface area contributed by atoms with Crippen LogP contribution in [0.4, 0.5) is 11.6 Å². The second-order valence-electron chi connectivity index (χ2n) is 7.33. The number of nitrogen functional groups attached to an aromatic ring is 1. The molecule has 2 aliphatic heterocycles. The van der Waals surface area contributed by atoms with Crippen molar-refractivity contribution in [3.8, 4) is 6.07 Å². The van der Waals surface area contributed by atoms with Gasteiger partial charge in [-0.05, 0) is 37.1 Å². The topological polar surface area (TPSA) is 69.2 Å². The molecule has 1 spiro atoms. The molecular weight excluding hydrogens is 310 g/mol. The van der Waals surface area contributed by atoms with E-state index in [1.165, 1.54) is 18.4 Å². The molecule has 2 aromatic rings. The van der Waals surface area contributed by atoms with Gasteiger partial charge in [0.25, 0.3) is 0 Å². The minimum absolute atomic E-state index is 0.332. The molecule has 2 N–H and O–H groups in total. The summed E-state index contributed by atoms with van der Waals surface area (Å²) in [5, 5.41) is 9.00. The number of nitrogens with zero attached hydrogens (tertiary/aromatic N) is 4. The zero-order valence-electron chi connectivity index (χ0n) is 14.4. The Balaban J connectivity index is 1.42. The summed E-state index contributed by atoms with van der Waals surface area (Å²) in [5.74, 6) is 1.23. The smallest absolute Gasteiger partial charge is 0.143 e. The number of likely N-dealkylation sites (tertiary alicyclic amines) is 1. The average Bonchev–Trinajstić information content (AvgIpc) is 3.23. The quantitative estimate of drug-likeness (QED) is 0.935. The molecule has 1 unspecified atom stereocenters. The molecule has 0 amide bonds. The van der Waals surface area contributed by atoms with E-state index < -0.39 is 0 Å². The summed E-state index contributed by atoms with van der Waals surface area (Å²) in [5.41, 5.74) is 8.08. The molecule has 0 saturated carbocycles. The third-order valence-corrected chi connectivity index (χ3v) is 5.56. The Bertz CT molecular complexity index is 797. The average molecular weight is 333 g/mol. The molecule has 2 fully saturated rings. The van der Waals surface area contributed by atoms with Gasteiger partial charge in [0.15, 0.2) is 0 Å². The summed E-state index contributed by atoms with van der Waals surface area (Å²) in [6.07, 6.45) is 2.43. The van der Waals surface area contributed by atoms with Gasteiger partial charge >= 0.3 is 0 Å². The normalized spacial score (nSPS) is 23.2. The molecule has 25 heavy (non-hydrogen) atoms. The Morgan fingerprint density at radius 1 is 1.08 bits per heavy atom. The van der Waals surface area contributed by atoms with Crippen LogP contribution in [0.3, 0.4) is 0 Å². The molecule has 0 bridgehead atoms. The van der Waals surface area contributed by atoms with Gasteiger partial charge in [0.2, 0.25) is 0 Å². The maximum atomic E-state index is 9.00. The van der Waals surface area contributed by atoms with Gasteiger partial charge in [-0.25, -0.2) is 4.98 Å². The second-order valence-corrected chi connectivity index (χ2v) is 7.33. The fourth-order valence-corrected chi connectivity index (χ4v) is 4.20. The largest absolute Gasteiger partial charge is 0.383 e. The van der Waals surface area contributed by atoms with E-state index in [-0.39, 0.29) is 0 Å². The monoisotopic (exact) mass is 333 g/mol. The lowest BCUT2D eigenvalue weighted by Gasteiger charge is -2.25. The van der Waals surface area contributed by atoms with E-state index in [9.17, 15) is 0 Å². The molecule has 4 rings (SSSR count). The van der Waals surface area contributed by atoms with E-state index in [1.807, 2.05) is 6.07 Å². The van der Waals surface area contributed by atoms with Crippen LogP contribution in [0.25, 0.3) is 0 Å². The van der Waals surface area contributed by atoms with Crippen molar-refractivity contribution < 1.29 is 0 Å². The maximum absolute atomic E-state index is 9.00. The maximum Gasteiger partial charge on any atom is 0.143 e. The molecule has 5 heteroatoms. The summed E-state index contributed by atoms with van der Waals surface area (Å²) in [6, 6.07) is 16.5. The Morgan fingerprint density at radius 3 is 2.64 bits per heavy atom. The van der Waals surface area contributed by atoms with Gasteiger partial charge in [-0.1, -0.05) is 30.3 Å². The van der Waals surface area contributed by atoms with Crippen molar-refractivity contribution in [3.05, 3.63) is 53.6 Å². The Morgan fingerprint density at radius 2 is 1.88 bits per heavy atom. The number of nitrogens with two attached hydrogens (primary N) is 1. The molecule has 1 atom stereocenters. The Kier molecular flexibility index (Phi) is 4.06. The van der Waals surface area contributed by atoms with Crippen molar-refractivity contribution in [1.29, 1.82) is 5.26 Å². The third-order valence-electron chi connectivity index (χ3n) is 5.56. The predicted molar refractivity (Wildman–Crippen MR) is 99.0 cm³/mol. The first-order chi connectivity index (χ1) is 12.2. The van der Waals surface area contributed by atoms with Gasteiger partial charge in [0.05, 0.1) is 5.56 Å². The molecule has 1 aromatic carbocycles. The van der Waals surface area contributed by atoms with Crippen molar-refractivity contribution in [3.63, 3.8) is 0 Å². The first-order valence-electron chi connectivity index (χ1n) is 8.85. The number of aromatic nitrogens is 1. The molecule has 128 valence electrons. The number of rotatable bonds is 3. The van der Waals surface area contributed by atoms with Gasteiger partial charge in [-0.3, -0.25) is 4.90 Å². The van der Waals surface area contributed by atoms with Gasteiger partial charge in [-0.2, -0.15) is 5.26 Å². The van der Waals surface area contributed by atoms with Crippen LogP contribution in [-0.4, -0.2) is 36.1 Å². The Hall–Kier alpha value is -2.58. The van der Waals surface area contributed by atoms with Gasteiger partial charge in [0, 0.05) is 31.6 Å². The summed E-state index contributed by atoms with van der Waals surface area (Å²) in [4.78, 5) is 9.33. The standard InChI is InChI=1S/C20H23N5/c21-12-17-6-7-18(23-19(17)22)25-11-9-20(15-25)8-10-24(14-20)13-16-4-2-1-3-5-16/h1-7H,8-11,13-15H2,(H2,22,23). The minimum atomic E-state index is 0.332. The number of pyridine rings is 1. The zero-order valence-corrected chi connectivity index (χ0v) is 14.4. The fourth-order valence-electron chi connectivity index (χ4n) is 4.20. The highest BCUT2D eigenvalue weighted by Gasteiger charge is 2.43. The molecular formula is C20H23N5. The molecule has 5 nitrogen and oxygen atoms in total. The van der Waals surface area contributed by atoms with Crippen LogP contribution in [-0.2, 0) is 6.54 Å². The molecule has 2 saturated heterocycles. The number of hydrogen-bond donors (Lipinski definition) is 1. The van der Waals surface area contributed by atoms with Crippen LogP contribution in [0.5, 0.6) is 0 Å². The number of benzene rings is 1. The van der Waals surface area contributed by atoms with E-state index in [0.29, 0.717) is 16.8 Å². The van der Waals surface area contributed by atoms with E-state index >= 15 is 0 Å². The molecule has 0 aliphatic carbocycles. The van der Waals surface area contributed by atoms with Gasteiger partial charge < -0.3 is 10.6 Å². The highest BCUT2D eigenvalue weighted by atomic mass is 15.3. The van der Waals surface area contributed by atoms with E-state index in [0.717, 1.165) is 38.5 Å². The second kappa shape index (κ2) is 6.38. The SMILES string of the molecule is N#Cc1ccc(N2CCC3(CCN(Cc4ccccc4)C3)C2)nc1N. The number of nitriles is 1. The van der Waals surface area contributed by atoms with Crippen LogP contribution < -0.4 is 10.6 Å². The summed E-state index contributed by atoms with van der Waals surface area (Å²) in [7, 11) is 0. The lowest BCUT2D eigenvalue weighted by Crippen LogP contribution is -2.31. The minimum Gasteiger partial charge on any atom is -0.383 e. The summed E-state index contributed by atoms with van der Waals surface area (Å²) in [6.45, 7) is 5.37. The van der Waals surface area contributed by atoms with Crippen molar-refractivity contribution in [1.82, 2.24) is 9.88 Å². The lowest BCUT2D eigenvalue weighted by atomic mass is 9.86. The lowest BCUT2D eigenvalue weighted by molar-refractivity contribution is 0.270. The molecule has 0 radical (unpaired) electrons. The number of anilines is 2. The molecule has 2 aliphatic rings. The zero-order chi connectivity index (χ0) is 17.3. The van der Waals surface area contributed by atoms with E-state index in [2.05, 4.69) is 51.2 Å². The third kappa shape index (κ3) is 3.18. The molecule has 1 aromatic heterocycles. The summed E-state index contributed by atoms with van der Waals surface area (Å²) < 4.78 is 0. The van der Waals surface area contributed by atoms with Gasteiger partial charge in [-0.15, -0.1) is 0 Å². The van der Waals surface area contributed by atoms with Gasteiger partial charge in [0.1, 0.15) is 17.7 Å². The van der Waals surface area contributed by atoms with Crippen LogP contribution in [0.1, 0.15) is 24.0 Å². The van der Waals surface area contributed by atoms with E-state index in [1.54, 1.807) is 6.07 Å². The van der Waals surface area contributed by atoms with Crippen LogP contribution in [0, 0.1) is 16.7 Å². The van der Waals surface area contributed by atoms with Crippen molar-refractivity contribution in [2.45, 2.75) is 19.4 Å². The van der Waals surface area contributed by atoms with Crippen LogP contribution >= 0.6 is 0 Å². The first-order valence-corrected chi connectivity index (χ1v) is 8.85. The fraction of sp³-hybridized carbons (Fsp3) is 0.400. The summed E-state index contributed by atoms with van der Waals surface area (Å²) >= 11 is 0. The predicted octanol–water partition coefficient (Wildman–Crippen LogP) is 2.64. The van der Waals surface area contributed by atoms with Crippen molar-refractivity contribution >= 4 is 11.6 Å². The number of hydrogen-bond acceptors (Lipinski definition) is 5.